The Labute approximate surface area is 154 Å². The molecule has 26 heavy (non-hydrogen) atoms. The van der Waals surface area contributed by atoms with Crippen LogP contribution in [0.15, 0.2) is 30.3 Å². The summed E-state index contributed by atoms with van der Waals surface area (Å²) in [5.41, 5.74) is 0.326. The maximum absolute atomic E-state index is 12.4. The Hall–Kier alpha value is -2.28. The predicted molar refractivity (Wildman–Crippen MR) is 96.6 cm³/mol. The molecule has 1 aliphatic heterocycles. The molecule has 1 N–H and O–H groups in total. The lowest BCUT2D eigenvalue weighted by molar-refractivity contribution is -0.00661. The van der Waals surface area contributed by atoms with Crippen molar-refractivity contribution in [2.24, 2.45) is 0 Å². The molecule has 0 radical (unpaired) electrons. The van der Waals surface area contributed by atoms with Crippen LogP contribution in [-0.2, 0) is 16.1 Å². The van der Waals surface area contributed by atoms with Crippen LogP contribution in [0.25, 0.3) is 0 Å². The normalized spacial score (nSPS) is 17.8. The molecular formula is C19H28N2O5. The van der Waals surface area contributed by atoms with Gasteiger partial charge in [0.05, 0.1) is 6.04 Å². The number of rotatable bonds is 4. The van der Waals surface area contributed by atoms with E-state index in [1.807, 2.05) is 51.1 Å². The minimum Gasteiger partial charge on any atom is -0.445 e. The van der Waals surface area contributed by atoms with E-state index >= 15 is 0 Å². The Balaban J connectivity index is 1.93. The lowest BCUT2D eigenvalue weighted by Gasteiger charge is -2.41. The highest BCUT2D eigenvalue weighted by molar-refractivity contribution is 5.71. The van der Waals surface area contributed by atoms with Crippen LogP contribution in [0, 0.1) is 0 Å². The van der Waals surface area contributed by atoms with Crippen molar-refractivity contribution in [3.8, 4) is 0 Å². The van der Waals surface area contributed by atoms with E-state index < -0.39 is 17.8 Å². The summed E-state index contributed by atoms with van der Waals surface area (Å²) >= 11 is 0. The Morgan fingerprint density at radius 1 is 1.15 bits per heavy atom. The lowest BCUT2D eigenvalue weighted by atomic mass is 10.1. The van der Waals surface area contributed by atoms with Gasteiger partial charge in [0.25, 0.3) is 0 Å². The van der Waals surface area contributed by atoms with Crippen LogP contribution in [0.3, 0.4) is 0 Å². The van der Waals surface area contributed by atoms with E-state index in [1.165, 1.54) is 0 Å². The van der Waals surface area contributed by atoms with E-state index in [0.29, 0.717) is 26.1 Å². The monoisotopic (exact) mass is 364 g/mol. The number of piperazine rings is 1. The molecule has 0 bridgehead atoms. The zero-order valence-electron chi connectivity index (χ0n) is 15.7. The third-order valence-corrected chi connectivity index (χ3v) is 4.04. The quantitative estimate of drug-likeness (QED) is 0.888. The Morgan fingerprint density at radius 3 is 2.46 bits per heavy atom. The van der Waals surface area contributed by atoms with Crippen molar-refractivity contribution in [1.82, 2.24) is 9.80 Å². The summed E-state index contributed by atoms with van der Waals surface area (Å²) in [6, 6.07) is 9.17. The molecule has 7 heteroatoms. The Morgan fingerprint density at radius 2 is 1.85 bits per heavy atom. The Kier molecular flexibility index (Phi) is 6.85. The smallest absolute Gasteiger partial charge is 0.410 e. The highest BCUT2D eigenvalue weighted by Gasteiger charge is 2.35. The first-order chi connectivity index (χ1) is 12.3. The van der Waals surface area contributed by atoms with Crippen molar-refractivity contribution >= 4 is 12.2 Å². The van der Waals surface area contributed by atoms with Gasteiger partial charge in [-0.3, -0.25) is 0 Å². The van der Waals surface area contributed by atoms with Crippen molar-refractivity contribution in [2.45, 2.75) is 45.4 Å². The maximum atomic E-state index is 12.4. The molecule has 0 saturated carbocycles. The summed E-state index contributed by atoms with van der Waals surface area (Å²) in [6.07, 6.45) is -0.462. The second kappa shape index (κ2) is 8.89. The van der Waals surface area contributed by atoms with Gasteiger partial charge in [0, 0.05) is 26.2 Å². The average molecular weight is 364 g/mol. The first-order valence-corrected chi connectivity index (χ1v) is 8.86. The molecule has 1 heterocycles. The molecule has 1 atom stereocenters. The zero-order valence-corrected chi connectivity index (χ0v) is 15.7. The predicted octanol–water partition coefficient (Wildman–Crippen LogP) is 2.63. The molecule has 0 aromatic heterocycles. The second-order valence-electron chi connectivity index (χ2n) is 7.33. The summed E-state index contributed by atoms with van der Waals surface area (Å²) in [7, 11) is 0. The van der Waals surface area contributed by atoms with Gasteiger partial charge in [-0.25, -0.2) is 9.59 Å². The van der Waals surface area contributed by atoms with Crippen molar-refractivity contribution in [1.29, 1.82) is 0 Å². The molecule has 1 saturated heterocycles. The fourth-order valence-corrected chi connectivity index (χ4v) is 2.79. The minimum absolute atomic E-state index is 0.0726. The van der Waals surface area contributed by atoms with Crippen molar-refractivity contribution in [3.05, 3.63) is 35.9 Å². The van der Waals surface area contributed by atoms with Gasteiger partial charge in [0.2, 0.25) is 0 Å². The van der Waals surface area contributed by atoms with E-state index in [2.05, 4.69) is 0 Å². The van der Waals surface area contributed by atoms with E-state index in [9.17, 15) is 14.7 Å². The fourth-order valence-electron chi connectivity index (χ4n) is 2.79. The van der Waals surface area contributed by atoms with Crippen LogP contribution >= 0.6 is 0 Å². The molecule has 0 aliphatic carbocycles. The van der Waals surface area contributed by atoms with Crippen LogP contribution in [0.2, 0.25) is 0 Å². The van der Waals surface area contributed by atoms with Crippen LogP contribution < -0.4 is 0 Å². The number of aliphatic hydroxyl groups excluding tert-OH is 1. The Bertz CT molecular complexity index is 600. The van der Waals surface area contributed by atoms with E-state index in [-0.39, 0.29) is 19.3 Å². The summed E-state index contributed by atoms with van der Waals surface area (Å²) in [4.78, 5) is 27.9. The number of carbonyl (C=O) groups is 2. The number of amides is 2. The van der Waals surface area contributed by atoms with E-state index in [1.54, 1.807) is 9.80 Å². The van der Waals surface area contributed by atoms with Crippen LogP contribution in [-0.4, -0.2) is 65.0 Å². The molecule has 7 nitrogen and oxygen atoms in total. The molecule has 0 spiro atoms. The topological polar surface area (TPSA) is 79.3 Å². The molecule has 2 rings (SSSR count). The lowest BCUT2D eigenvalue weighted by Crippen LogP contribution is -2.57. The number of ether oxygens (including phenoxy) is 2. The molecule has 1 aromatic rings. The molecular weight excluding hydrogens is 336 g/mol. The van der Waals surface area contributed by atoms with Gasteiger partial charge in [0.1, 0.15) is 12.2 Å². The molecule has 1 aromatic carbocycles. The van der Waals surface area contributed by atoms with Crippen LogP contribution in [0.1, 0.15) is 32.8 Å². The summed E-state index contributed by atoms with van der Waals surface area (Å²) in [5, 5.41) is 9.31. The third-order valence-electron chi connectivity index (χ3n) is 4.04. The summed E-state index contributed by atoms with van der Waals surface area (Å²) in [5.74, 6) is 0. The molecule has 144 valence electrons. The molecule has 1 aliphatic rings. The molecule has 2 amide bonds. The van der Waals surface area contributed by atoms with Gasteiger partial charge in [-0.1, -0.05) is 30.3 Å². The van der Waals surface area contributed by atoms with E-state index in [0.717, 1.165) is 5.56 Å². The highest BCUT2D eigenvalue weighted by atomic mass is 16.6. The number of benzene rings is 1. The summed E-state index contributed by atoms with van der Waals surface area (Å²) < 4.78 is 10.8. The average Bonchev–Trinajstić information content (AvgIpc) is 2.59. The molecule has 0 unspecified atom stereocenters. The highest BCUT2D eigenvalue weighted by Crippen LogP contribution is 2.18. The third kappa shape index (κ3) is 5.91. The van der Waals surface area contributed by atoms with Gasteiger partial charge in [-0.15, -0.1) is 0 Å². The number of hydrogen-bond donors (Lipinski definition) is 1. The van der Waals surface area contributed by atoms with Gasteiger partial charge < -0.3 is 24.4 Å². The number of aliphatic hydroxyl groups is 1. The van der Waals surface area contributed by atoms with Crippen LogP contribution in [0.5, 0.6) is 0 Å². The van der Waals surface area contributed by atoms with Gasteiger partial charge in [-0.05, 0) is 32.8 Å². The van der Waals surface area contributed by atoms with Crippen molar-refractivity contribution in [3.63, 3.8) is 0 Å². The van der Waals surface area contributed by atoms with Gasteiger partial charge in [0.15, 0.2) is 0 Å². The minimum atomic E-state index is -0.591. The first kappa shape index (κ1) is 20.0. The van der Waals surface area contributed by atoms with Crippen molar-refractivity contribution in [2.75, 3.05) is 26.2 Å². The number of carbonyl (C=O) groups excluding carboxylic acids is 2. The van der Waals surface area contributed by atoms with E-state index in [4.69, 9.17) is 9.47 Å². The standard InChI is InChI=1S/C19H28N2O5/c1-19(2,3)26-18(24)21-11-10-20(13-16(21)9-12-22)17(23)25-14-15-7-5-4-6-8-15/h4-8,16,22H,9-14H2,1-3H3/t16-/m1/s1. The van der Waals surface area contributed by atoms with Gasteiger partial charge in [-0.2, -0.15) is 0 Å². The van der Waals surface area contributed by atoms with Crippen molar-refractivity contribution < 1.29 is 24.2 Å². The van der Waals surface area contributed by atoms with Gasteiger partial charge >= 0.3 is 12.2 Å². The number of hydrogen-bond acceptors (Lipinski definition) is 5. The maximum Gasteiger partial charge on any atom is 0.410 e. The zero-order chi connectivity index (χ0) is 19.2. The largest absolute Gasteiger partial charge is 0.445 e. The second-order valence-corrected chi connectivity index (χ2v) is 7.33. The SMILES string of the molecule is CC(C)(C)OC(=O)N1CCN(C(=O)OCc2ccccc2)C[C@H]1CCO. The molecule has 1 fully saturated rings. The summed E-state index contributed by atoms with van der Waals surface area (Å²) in [6.45, 7) is 6.59. The van der Waals surface area contributed by atoms with Crippen LogP contribution in [0.4, 0.5) is 9.59 Å². The first-order valence-electron chi connectivity index (χ1n) is 8.86. The fraction of sp³-hybridized carbons (Fsp3) is 0.579. The number of nitrogens with zero attached hydrogens (tertiary/aromatic N) is 2.